The molecule has 0 aliphatic carbocycles. The fraction of sp³-hybridized carbons (Fsp3) is 0.333. The second-order valence-corrected chi connectivity index (χ2v) is 3.20. The summed E-state index contributed by atoms with van der Waals surface area (Å²) in [5.74, 6) is 0.907. The molecule has 0 aromatic heterocycles. The van der Waals surface area contributed by atoms with Crippen LogP contribution >= 0.6 is 0 Å². The fourth-order valence-electron chi connectivity index (χ4n) is 1.27. The third-order valence-corrected chi connectivity index (χ3v) is 2.12. The molecule has 0 aliphatic heterocycles. The van der Waals surface area contributed by atoms with Crippen molar-refractivity contribution in [2.45, 2.75) is 20.3 Å². The first-order chi connectivity index (χ1) is 6.17. The smallest absolute Gasteiger partial charge is 0.119 e. The molecule has 0 unspecified atom stereocenters. The van der Waals surface area contributed by atoms with E-state index in [-0.39, 0.29) is 0 Å². The standard InChI is InChI=1S/C12H16O/c1-5-10(3)11-6-9(2)7-12(8-11)13-4/h6-8H,3,5H2,1-2,4H3. The van der Waals surface area contributed by atoms with Crippen molar-refractivity contribution in [1.82, 2.24) is 0 Å². The SMILES string of the molecule is C=C(CC)c1cc(C)cc(OC)c1. The van der Waals surface area contributed by atoms with Crippen molar-refractivity contribution in [2.24, 2.45) is 0 Å². The van der Waals surface area contributed by atoms with Crippen LogP contribution < -0.4 is 4.74 Å². The number of rotatable bonds is 3. The number of benzene rings is 1. The summed E-state index contributed by atoms with van der Waals surface area (Å²) in [7, 11) is 1.69. The summed E-state index contributed by atoms with van der Waals surface area (Å²) in [5, 5.41) is 0. The fourth-order valence-corrected chi connectivity index (χ4v) is 1.27. The van der Waals surface area contributed by atoms with E-state index in [9.17, 15) is 0 Å². The van der Waals surface area contributed by atoms with Gasteiger partial charge in [-0.3, -0.25) is 0 Å². The molecule has 0 spiro atoms. The van der Waals surface area contributed by atoms with Gasteiger partial charge in [0.1, 0.15) is 5.75 Å². The molecular formula is C12H16O. The van der Waals surface area contributed by atoms with Crippen molar-refractivity contribution in [3.63, 3.8) is 0 Å². The Morgan fingerprint density at radius 2 is 2.08 bits per heavy atom. The number of methoxy groups -OCH3 is 1. The van der Waals surface area contributed by atoms with E-state index in [1.54, 1.807) is 7.11 Å². The number of aryl methyl sites for hydroxylation is 1. The summed E-state index contributed by atoms with van der Waals surface area (Å²) in [6, 6.07) is 6.18. The van der Waals surface area contributed by atoms with Gasteiger partial charge in [0.05, 0.1) is 7.11 Å². The average molecular weight is 176 g/mol. The summed E-state index contributed by atoms with van der Waals surface area (Å²) in [6.45, 7) is 8.18. The monoisotopic (exact) mass is 176 g/mol. The van der Waals surface area contributed by atoms with Crippen molar-refractivity contribution in [2.75, 3.05) is 7.11 Å². The molecule has 1 nitrogen and oxygen atoms in total. The van der Waals surface area contributed by atoms with Crippen molar-refractivity contribution in [1.29, 1.82) is 0 Å². The third kappa shape index (κ3) is 2.35. The summed E-state index contributed by atoms with van der Waals surface area (Å²) >= 11 is 0. The highest BCUT2D eigenvalue weighted by molar-refractivity contribution is 5.65. The molecule has 1 rings (SSSR count). The van der Waals surface area contributed by atoms with Crippen LogP contribution in [-0.4, -0.2) is 7.11 Å². The molecule has 0 saturated heterocycles. The summed E-state index contributed by atoms with van der Waals surface area (Å²) < 4.78 is 5.19. The first kappa shape index (κ1) is 9.85. The number of hydrogen-bond donors (Lipinski definition) is 0. The van der Waals surface area contributed by atoms with Crippen LogP contribution in [0.5, 0.6) is 5.75 Å². The van der Waals surface area contributed by atoms with E-state index in [4.69, 9.17) is 4.74 Å². The van der Waals surface area contributed by atoms with Crippen LogP contribution in [-0.2, 0) is 0 Å². The lowest BCUT2D eigenvalue weighted by atomic mass is 10.0. The molecule has 70 valence electrons. The Morgan fingerprint density at radius 3 is 2.62 bits per heavy atom. The molecule has 0 aliphatic rings. The summed E-state index contributed by atoms with van der Waals surface area (Å²) in [4.78, 5) is 0. The minimum Gasteiger partial charge on any atom is -0.497 e. The van der Waals surface area contributed by atoms with Crippen molar-refractivity contribution in [3.8, 4) is 5.75 Å². The van der Waals surface area contributed by atoms with Crippen LogP contribution in [0.2, 0.25) is 0 Å². The van der Waals surface area contributed by atoms with Crippen molar-refractivity contribution >= 4 is 5.57 Å². The minimum absolute atomic E-state index is 0.907. The van der Waals surface area contributed by atoms with Crippen LogP contribution in [0, 0.1) is 6.92 Å². The lowest BCUT2D eigenvalue weighted by Gasteiger charge is -2.07. The molecule has 0 heterocycles. The highest BCUT2D eigenvalue weighted by atomic mass is 16.5. The normalized spacial score (nSPS) is 9.77. The first-order valence-electron chi connectivity index (χ1n) is 4.51. The molecule has 0 N–H and O–H groups in total. The van der Waals surface area contributed by atoms with Crippen LogP contribution in [0.3, 0.4) is 0 Å². The molecule has 0 radical (unpaired) electrons. The molecule has 0 amide bonds. The Labute approximate surface area is 80.0 Å². The number of allylic oxidation sites excluding steroid dienone is 1. The summed E-state index contributed by atoms with van der Waals surface area (Å²) in [5.41, 5.74) is 3.55. The third-order valence-electron chi connectivity index (χ3n) is 2.12. The highest BCUT2D eigenvalue weighted by Gasteiger charge is 2.00. The van der Waals surface area contributed by atoms with E-state index in [1.807, 2.05) is 12.1 Å². The quantitative estimate of drug-likeness (QED) is 0.685. The maximum atomic E-state index is 5.19. The van der Waals surface area contributed by atoms with Crippen LogP contribution in [0.15, 0.2) is 24.8 Å². The molecule has 0 saturated carbocycles. The lowest BCUT2D eigenvalue weighted by molar-refractivity contribution is 0.414. The Hall–Kier alpha value is -1.24. The topological polar surface area (TPSA) is 9.23 Å². The molecule has 1 heteroatoms. The van der Waals surface area contributed by atoms with E-state index in [0.717, 1.165) is 17.7 Å². The predicted molar refractivity (Wildman–Crippen MR) is 57.1 cm³/mol. The molecular weight excluding hydrogens is 160 g/mol. The van der Waals surface area contributed by atoms with Crippen molar-refractivity contribution in [3.05, 3.63) is 35.9 Å². The number of ether oxygens (including phenoxy) is 1. The Kier molecular flexibility index (Phi) is 3.13. The van der Waals surface area contributed by atoms with E-state index < -0.39 is 0 Å². The molecule has 13 heavy (non-hydrogen) atoms. The Morgan fingerprint density at radius 1 is 1.38 bits per heavy atom. The first-order valence-corrected chi connectivity index (χ1v) is 4.51. The molecule has 0 atom stereocenters. The van der Waals surface area contributed by atoms with Gasteiger partial charge >= 0.3 is 0 Å². The van der Waals surface area contributed by atoms with Gasteiger partial charge < -0.3 is 4.74 Å². The van der Waals surface area contributed by atoms with E-state index in [2.05, 4.69) is 26.5 Å². The van der Waals surface area contributed by atoms with Gasteiger partial charge in [-0.1, -0.05) is 19.6 Å². The van der Waals surface area contributed by atoms with Crippen LogP contribution in [0.25, 0.3) is 5.57 Å². The average Bonchev–Trinajstić information content (AvgIpc) is 2.15. The Bertz CT molecular complexity index is 313. The van der Waals surface area contributed by atoms with Gasteiger partial charge in [0, 0.05) is 0 Å². The van der Waals surface area contributed by atoms with Gasteiger partial charge in [-0.05, 0) is 42.2 Å². The predicted octanol–water partition coefficient (Wildman–Crippen LogP) is 3.43. The van der Waals surface area contributed by atoms with Gasteiger partial charge in [0.15, 0.2) is 0 Å². The van der Waals surface area contributed by atoms with Crippen LogP contribution in [0.4, 0.5) is 0 Å². The molecule has 0 fully saturated rings. The molecule has 1 aromatic carbocycles. The van der Waals surface area contributed by atoms with Gasteiger partial charge in [-0.15, -0.1) is 0 Å². The minimum atomic E-state index is 0.907. The largest absolute Gasteiger partial charge is 0.497 e. The van der Waals surface area contributed by atoms with E-state index in [0.29, 0.717) is 0 Å². The lowest BCUT2D eigenvalue weighted by Crippen LogP contribution is -1.88. The van der Waals surface area contributed by atoms with E-state index >= 15 is 0 Å². The highest BCUT2D eigenvalue weighted by Crippen LogP contribution is 2.22. The van der Waals surface area contributed by atoms with Gasteiger partial charge in [-0.2, -0.15) is 0 Å². The second kappa shape index (κ2) is 4.13. The molecule has 0 bridgehead atoms. The van der Waals surface area contributed by atoms with Gasteiger partial charge in [0.25, 0.3) is 0 Å². The van der Waals surface area contributed by atoms with Gasteiger partial charge in [-0.25, -0.2) is 0 Å². The maximum Gasteiger partial charge on any atom is 0.119 e. The van der Waals surface area contributed by atoms with Gasteiger partial charge in [0.2, 0.25) is 0 Å². The maximum absolute atomic E-state index is 5.19. The second-order valence-electron chi connectivity index (χ2n) is 3.20. The zero-order valence-corrected chi connectivity index (χ0v) is 8.55. The number of hydrogen-bond acceptors (Lipinski definition) is 1. The van der Waals surface area contributed by atoms with E-state index in [1.165, 1.54) is 11.1 Å². The summed E-state index contributed by atoms with van der Waals surface area (Å²) in [6.07, 6.45) is 0.979. The zero-order chi connectivity index (χ0) is 9.84. The zero-order valence-electron chi connectivity index (χ0n) is 8.55. The van der Waals surface area contributed by atoms with Crippen LogP contribution in [0.1, 0.15) is 24.5 Å². The Balaban J connectivity index is 3.08. The van der Waals surface area contributed by atoms with Crippen molar-refractivity contribution < 1.29 is 4.74 Å². The molecule has 1 aromatic rings.